The number of Topliss-reactive ketones (excluding diaryl/α,β-unsaturated/α-hetero) is 1. The van der Waals surface area contributed by atoms with Gasteiger partial charge in [-0.05, 0) is 43.0 Å². The summed E-state index contributed by atoms with van der Waals surface area (Å²) in [5, 5.41) is 9.34. The fourth-order valence-corrected chi connectivity index (χ4v) is 2.58. The lowest BCUT2D eigenvalue weighted by Gasteiger charge is -2.31. The Morgan fingerprint density at radius 2 is 2.05 bits per heavy atom. The molecule has 1 aromatic rings. The van der Waals surface area contributed by atoms with Gasteiger partial charge in [0.05, 0.1) is 0 Å². The summed E-state index contributed by atoms with van der Waals surface area (Å²) in [5.74, 6) is -2.96. The standard InChI is InChI=1S/C14H14F2O3/c15-10-4-5-11(16)9(7-10)8-14(13(18)19)6-2-1-3-12(14)17/h4-5,7H,1-3,6,8H2,(H,18,19). The number of carbonyl (C=O) groups excluding carboxylic acids is 1. The van der Waals surface area contributed by atoms with Crippen LogP contribution in [0.4, 0.5) is 8.78 Å². The van der Waals surface area contributed by atoms with Crippen LogP contribution in [0.2, 0.25) is 0 Å². The molecular formula is C14H14F2O3. The first kappa shape index (κ1) is 13.6. The Kier molecular flexibility index (Phi) is 3.64. The Labute approximate surface area is 109 Å². The van der Waals surface area contributed by atoms with Crippen LogP contribution in [0.25, 0.3) is 0 Å². The van der Waals surface area contributed by atoms with Crippen molar-refractivity contribution in [1.29, 1.82) is 0 Å². The van der Waals surface area contributed by atoms with E-state index in [4.69, 9.17) is 0 Å². The number of carboxylic acid groups (broad SMARTS) is 1. The molecule has 1 fully saturated rings. The average Bonchev–Trinajstić information content (AvgIpc) is 2.36. The molecule has 1 atom stereocenters. The minimum Gasteiger partial charge on any atom is -0.480 e. The highest BCUT2D eigenvalue weighted by molar-refractivity contribution is 6.03. The van der Waals surface area contributed by atoms with Crippen molar-refractivity contribution in [2.75, 3.05) is 0 Å². The molecule has 0 amide bonds. The number of aliphatic carboxylic acids is 1. The Hall–Kier alpha value is -1.78. The number of rotatable bonds is 3. The van der Waals surface area contributed by atoms with Crippen LogP contribution in [0, 0.1) is 17.0 Å². The van der Waals surface area contributed by atoms with Gasteiger partial charge in [-0.25, -0.2) is 8.78 Å². The van der Waals surface area contributed by atoms with Crippen molar-refractivity contribution in [2.45, 2.75) is 32.1 Å². The fourth-order valence-electron chi connectivity index (χ4n) is 2.58. The van der Waals surface area contributed by atoms with Crippen LogP contribution >= 0.6 is 0 Å². The van der Waals surface area contributed by atoms with Crippen molar-refractivity contribution in [3.63, 3.8) is 0 Å². The molecule has 0 radical (unpaired) electrons. The molecule has 5 heteroatoms. The predicted molar refractivity (Wildman–Crippen MR) is 63.6 cm³/mol. The quantitative estimate of drug-likeness (QED) is 0.857. The second-order valence-corrected chi connectivity index (χ2v) is 4.93. The number of hydrogen-bond donors (Lipinski definition) is 1. The molecule has 1 N–H and O–H groups in total. The van der Waals surface area contributed by atoms with Gasteiger partial charge >= 0.3 is 5.97 Å². The van der Waals surface area contributed by atoms with Crippen LogP contribution < -0.4 is 0 Å². The molecule has 0 aliphatic heterocycles. The molecule has 0 aromatic heterocycles. The largest absolute Gasteiger partial charge is 0.480 e. The van der Waals surface area contributed by atoms with E-state index in [0.717, 1.165) is 18.2 Å². The number of benzene rings is 1. The molecule has 1 aliphatic rings. The molecular weight excluding hydrogens is 254 g/mol. The van der Waals surface area contributed by atoms with Gasteiger partial charge in [0.25, 0.3) is 0 Å². The third-order valence-corrected chi connectivity index (χ3v) is 3.70. The molecule has 2 rings (SSSR count). The van der Waals surface area contributed by atoms with E-state index < -0.39 is 28.8 Å². The Bertz CT molecular complexity index is 527. The van der Waals surface area contributed by atoms with Crippen molar-refractivity contribution in [2.24, 2.45) is 5.41 Å². The molecule has 3 nitrogen and oxygen atoms in total. The maximum absolute atomic E-state index is 13.6. The minimum absolute atomic E-state index is 0.0577. The van der Waals surface area contributed by atoms with Crippen LogP contribution in [0.3, 0.4) is 0 Å². The van der Waals surface area contributed by atoms with E-state index in [1.165, 1.54) is 0 Å². The summed E-state index contributed by atoms with van der Waals surface area (Å²) in [6.45, 7) is 0. The van der Waals surface area contributed by atoms with Gasteiger partial charge in [-0.1, -0.05) is 6.42 Å². The van der Waals surface area contributed by atoms with Crippen molar-refractivity contribution in [1.82, 2.24) is 0 Å². The Morgan fingerprint density at radius 3 is 2.68 bits per heavy atom. The number of ketones is 1. The maximum atomic E-state index is 13.6. The molecule has 0 spiro atoms. The van der Waals surface area contributed by atoms with Gasteiger partial charge in [0.1, 0.15) is 17.0 Å². The topological polar surface area (TPSA) is 54.4 Å². The SMILES string of the molecule is O=C(O)C1(Cc2cc(F)ccc2F)CCCCC1=O. The number of carboxylic acids is 1. The molecule has 1 unspecified atom stereocenters. The first-order valence-electron chi connectivity index (χ1n) is 6.16. The second kappa shape index (κ2) is 5.07. The molecule has 19 heavy (non-hydrogen) atoms. The summed E-state index contributed by atoms with van der Waals surface area (Å²) < 4.78 is 26.7. The third-order valence-electron chi connectivity index (χ3n) is 3.70. The van der Waals surface area contributed by atoms with Crippen molar-refractivity contribution in [3.8, 4) is 0 Å². The molecule has 102 valence electrons. The fraction of sp³-hybridized carbons (Fsp3) is 0.429. The predicted octanol–water partition coefficient (Wildman–Crippen LogP) is 2.72. The average molecular weight is 268 g/mol. The zero-order valence-electron chi connectivity index (χ0n) is 10.3. The molecule has 0 saturated heterocycles. The van der Waals surface area contributed by atoms with Crippen molar-refractivity contribution in [3.05, 3.63) is 35.4 Å². The van der Waals surface area contributed by atoms with Gasteiger partial charge in [0, 0.05) is 6.42 Å². The van der Waals surface area contributed by atoms with E-state index in [1.54, 1.807) is 0 Å². The van der Waals surface area contributed by atoms with Gasteiger partial charge in [0.2, 0.25) is 0 Å². The van der Waals surface area contributed by atoms with E-state index in [9.17, 15) is 23.5 Å². The summed E-state index contributed by atoms with van der Waals surface area (Å²) in [4.78, 5) is 23.4. The number of hydrogen-bond acceptors (Lipinski definition) is 2. The van der Waals surface area contributed by atoms with Gasteiger partial charge in [-0.3, -0.25) is 9.59 Å². The minimum atomic E-state index is -1.60. The molecule has 1 aromatic carbocycles. The summed E-state index contributed by atoms with van der Waals surface area (Å²) in [7, 11) is 0. The second-order valence-electron chi connectivity index (χ2n) is 4.93. The van der Waals surface area contributed by atoms with Gasteiger partial charge in [0.15, 0.2) is 5.78 Å². The van der Waals surface area contributed by atoms with E-state index in [-0.39, 0.29) is 24.8 Å². The Morgan fingerprint density at radius 1 is 1.32 bits per heavy atom. The lowest BCUT2D eigenvalue weighted by molar-refractivity contribution is -0.157. The monoisotopic (exact) mass is 268 g/mol. The normalized spacial score (nSPS) is 23.4. The Balaban J connectivity index is 2.38. The maximum Gasteiger partial charge on any atom is 0.317 e. The van der Waals surface area contributed by atoms with Crippen LogP contribution in [-0.2, 0) is 16.0 Å². The molecule has 1 aliphatic carbocycles. The first-order chi connectivity index (χ1) is 8.95. The van der Waals surface area contributed by atoms with E-state index in [2.05, 4.69) is 0 Å². The summed E-state index contributed by atoms with van der Waals surface area (Å²) in [5.41, 5.74) is -1.66. The van der Waals surface area contributed by atoms with Crippen LogP contribution in [-0.4, -0.2) is 16.9 Å². The number of carbonyl (C=O) groups is 2. The van der Waals surface area contributed by atoms with Crippen LogP contribution in [0.5, 0.6) is 0 Å². The third kappa shape index (κ3) is 2.50. The van der Waals surface area contributed by atoms with Crippen LogP contribution in [0.15, 0.2) is 18.2 Å². The van der Waals surface area contributed by atoms with Gasteiger partial charge < -0.3 is 5.11 Å². The highest BCUT2D eigenvalue weighted by Gasteiger charge is 2.47. The highest BCUT2D eigenvalue weighted by atomic mass is 19.1. The van der Waals surface area contributed by atoms with Gasteiger partial charge in [-0.15, -0.1) is 0 Å². The zero-order chi connectivity index (χ0) is 14.0. The first-order valence-corrected chi connectivity index (χ1v) is 6.16. The molecule has 0 heterocycles. The summed E-state index contributed by atoms with van der Waals surface area (Å²) >= 11 is 0. The van der Waals surface area contributed by atoms with Gasteiger partial charge in [-0.2, -0.15) is 0 Å². The summed E-state index contributed by atoms with van der Waals surface area (Å²) in [6.07, 6.45) is 1.33. The summed E-state index contributed by atoms with van der Waals surface area (Å²) in [6, 6.07) is 2.88. The molecule has 0 bridgehead atoms. The zero-order valence-corrected chi connectivity index (χ0v) is 10.3. The van der Waals surface area contributed by atoms with Crippen molar-refractivity contribution < 1.29 is 23.5 Å². The van der Waals surface area contributed by atoms with E-state index >= 15 is 0 Å². The van der Waals surface area contributed by atoms with Crippen LogP contribution in [0.1, 0.15) is 31.2 Å². The molecule has 1 saturated carbocycles. The van der Waals surface area contributed by atoms with E-state index in [1.807, 2.05) is 0 Å². The van der Waals surface area contributed by atoms with Crippen molar-refractivity contribution >= 4 is 11.8 Å². The lowest BCUT2D eigenvalue weighted by atomic mass is 9.69. The lowest BCUT2D eigenvalue weighted by Crippen LogP contribution is -2.43. The number of halogens is 2. The van der Waals surface area contributed by atoms with E-state index in [0.29, 0.717) is 12.8 Å². The smallest absolute Gasteiger partial charge is 0.317 e. The highest BCUT2D eigenvalue weighted by Crippen LogP contribution is 2.37.